The van der Waals surface area contributed by atoms with E-state index in [2.05, 4.69) is 17.1 Å². The Hall–Kier alpha value is -1.42. The molecule has 18 heavy (non-hydrogen) atoms. The van der Waals surface area contributed by atoms with Gasteiger partial charge >= 0.3 is 0 Å². The fourth-order valence-electron chi connectivity index (χ4n) is 2.60. The highest BCUT2D eigenvalue weighted by atomic mass is 16.5. The van der Waals surface area contributed by atoms with Gasteiger partial charge < -0.3 is 15.8 Å². The minimum Gasteiger partial charge on any atom is -0.497 e. The summed E-state index contributed by atoms with van der Waals surface area (Å²) in [7, 11) is 1.65. The van der Waals surface area contributed by atoms with E-state index in [0.29, 0.717) is 6.04 Å². The second-order valence-electron chi connectivity index (χ2n) is 4.76. The Bertz CT molecular complexity index is 395. The number of hydrogen-bond acceptors (Lipinski definition) is 4. The van der Waals surface area contributed by atoms with E-state index in [-0.39, 0.29) is 0 Å². The monoisotopic (exact) mass is 249 g/mol. The van der Waals surface area contributed by atoms with Gasteiger partial charge in [0, 0.05) is 18.7 Å². The lowest BCUT2D eigenvalue weighted by Crippen LogP contribution is -2.34. The fourth-order valence-corrected chi connectivity index (χ4v) is 2.60. The van der Waals surface area contributed by atoms with Crippen LogP contribution < -0.4 is 15.8 Å². The minimum absolute atomic E-state index is 0.636. The number of nitrogen functional groups attached to an aromatic ring is 1. The molecule has 1 aliphatic rings. The first-order valence-corrected chi connectivity index (χ1v) is 6.66. The molecule has 0 radical (unpaired) electrons. The van der Waals surface area contributed by atoms with Crippen LogP contribution in [0.1, 0.15) is 19.8 Å². The molecule has 4 nitrogen and oxygen atoms in total. The summed E-state index contributed by atoms with van der Waals surface area (Å²) in [5.74, 6) is 0.800. The Kier molecular flexibility index (Phi) is 4.31. The first kappa shape index (κ1) is 13.0. The Morgan fingerprint density at radius 2 is 2.33 bits per heavy atom. The molecule has 1 saturated heterocycles. The summed E-state index contributed by atoms with van der Waals surface area (Å²) < 4.78 is 5.15. The van der Waals surface area contributed by atoms with Crippen molar-refractivity contribution in [1.82, 2.24) is 4.90 Å². The van der Waals surface area contributed by atoms with Crippen molar-refractivity contribution >= 4 is 11.4 Å². The lowest BCUT2D eigenvalue weighted by molar-refractivity contribution is 0.277. The zero-order valence-corrected chi connectivity index (χ0v) is 11.3. The van der Waals surface area contributed by atoms with Crippen LogP contribution in [0.25, 0.3) is 0 Å². The van der Waals surface area contributed by atoms with Crippen molar-refractivity contribution < 1.29 is 4.74 Å². The van der Waals surface area contributed by atoms with Gasteiger partial charge in [0.05, 0.1) is 18.5 Å². The van der Waals surface area contributed by atoms with E-state index < -0.39 is 0 Å². The average molecular weight is 249 g/mol. The SMILES string of the molecule is CCN1CCCC1CNc1ccc(OC)cc1N. The normalized spacial score (nSPS) is 20.0. The zero-order valence-electron chi connectivity index (χ0n) is 11.3. The molecule has 1 aromatic carbocycles. The predicted molar refractivity (Wildman–Crippen MR) is 76.2 cm³/mol. The van der Waals surface area contributed by atoms with Crippen molar-refractivity contribution in [1.29, 1.82) is 0 Å². The van der Waals surface area contributed by atoms with E-state index in [0.717, 1.165) is 30.2 Å². The number of likely N-dealkylation sites (N-methyl/N-ethyl adjacent to an activating group) is 1. The van der Waals surface area contributed by atoms with Crippen molar-refractivity contribution in [2.24, 2.45) is 0 Å². The zero-order chi connectivity index (χ0) is 13.0. The van der Waals surface area contributed by atoms with Gasteiger partial charge in [-0.1, -0.05) is 6.92 Å². The Labute approximate surface area is 109 Å². The van der Waals surface area contributed by atoms with Crippen LogP contribution in [0.2, 0.25) is 0 Å². The third-order valence-electron chi connectivity index (χ3n) is 3.69. The highest BCUT2D eigenvalue weighted by Gasteiger charge is 2.22. The van der Waals surface area contributed by atoms with E-state index in [1.54, 1.807) is 7.11 Å². The summed E-state index contributed by atoms with van der Waals surface area (Å²) in [6.07, 6.45) is 2.58. The maximum absolute atomic E-state index is 5.99. The van der Waals surface area contributed by atoms with Crippen molar-refractivity contribution in [2.75, 3.05) is 37.8 Å². The number of nitrogens with zero attached hydrogens (tertiary/aromatic N) is 1. The number of methoxy groups -OCH3 is 1. The third-order valence-corrected chi connectivity index (χ3v) is 3.69. The molecule has 1 aromatic rings. The summed E-state index contributed by atoms with van der Waals surface area (Å²) in [5.41, 5.74) is 7.74. The molecule has 1 atom stereocenters. The molecule has 0 aromatic heterocycles. The lowest BCUT2D eigenvalue weighted by Gasteiger charge is -2.23. The standard InChI is InChI=1S/C14H23N3O/c1-3-17-8-4-5-11(17)10-16-14-7-6-12(18-2)9-13(14)15/h6-7,9,11,16H,3-5,8,10,15H2,1-2H3. The highest BCUT2D eigenvalue weighted by Crippen LogP contribution is 2.25. The van der Waals surface area contributed by atoms with Crippen LogP contribution in [-0.4, -0.2) is 37.7 Å². The number of rotatable bonds is 5. The molecule has 4 heteroatoms. The van der Waals surface area contributed by atoms with Gasteiger partial charge in [0.1, 0.15) is 5.75 Å². The number of anilines is 2. The number of hydrogen-bond donors (Lipinski definition) is 2. The number of benzene rings is 1. The summed E-state index contributed by atoms with van der Waals surface area (Å²) in [5, 5.41) is 3.45. The van der Waals surface area contributed by atoms with Gasteiger partial charge in [-0.25, -0.2) is 0 Å². The van der Waals surface area contributed by atoms with Crippen molar-refractivity contribution in [3.05, 3.63) is 18.2 Å². The summed E-state index contributed by atoms with van der Waals surface area (Å²) in [4.78, 5) is 2.52. The molecular formula is C14H23N3O. The highest BCUT2D eigenvalue weighted by molar-refractivity contribution is 5.68. The second-order valence-corrected chi connectivity index (χ2v) is 4.76. The molecule has 1 fully saturated rings. The summed E-state index contributed by atoms with van der Waals surface area (Å²) in [6, 6.07) is 6.41. The van der Waals surface area contributed by atoms with Gasteiger partial charge in [-0.3, -0.25) is 4.90 Å². The van der Waals surface area contributed by atoms with Crippen LogP contribution >= 0.6 is 0 Å². The molecule has 1 unspecified atom stereocenters. The van der Waals surface area contributed by atoms with Crippen LogP contribution in [0.15, 0.2) is 18.2 Å². The van der Waals surface area contributed by atoms with Gasteiger partial charge in [0.15, 0.2) is 0 Å². The van der Waals surface area contributed by atoms with E-state index in [9.17, 15) is 0 Å². The first-order valence-electron chi connectivity index (χ1n) is 6.66. The molecule has 3 N–H and O–H groups in total. The van der Waals surface area contributed by atoms with Gasteiger partial charge in [0.25, 0.3) is 0 Å². The Morgan fingerprint density at radius 3 is 3.00 bits per heavy atom. The fraction of sp³-hybridized carbons (Fsp3) is 0.571. The smallest absolute Gasteiger partial charge is 0.121 e. The van der Waals surface area contributed by atoms with E-state index in [1.807, 2.05) is 18.2 Å². The van der Waals surface area contributed by atoms with Gasteiger partial charge in [-0.15, -0.1) is 0 Å². The van der Waals surface area contributed by atoms with Crippen LogP contribution in [0.5, 0.6) is 5.75 Å². The number of ether oxygens (including phenoxy) is 1. The molecule has 0 amide bonds. The average Bonchev–Trinajstić information content (AvgIpc) is 2.84. The summed E-state index contributed by atoms with van der Waals surface area (Å²) >= 11 is 0. The molecule has 100 valence electrons. The van der Waals surface area contributed by atoms with Crippen molar-refractivity contribution in [3.63, 3.8) is 0 Å². The lowest BCUT2D eigenvalue weighted by atomic mass is 10.2. The van der Waals surface area contributed by atoms with E-state index in [4.69, 9.17) is 10.5 Å². The number of nitrogens with two attached hydrogens (primary N) is 1. The van der Waals surface area contributed by atoms with Gasteiger partial charge in [-0.2, -0.15) is 0 Å². The molecule has 0 aliphatic carbocycles. The van der Waals surface area contributed by atoms with Crippen LogP contribution in [0, 0.1) is 0 Å². The Balaban J connectivity index is 1.93. The molecule has 1 heterocycles. The van der Waals surface area contributed by atoms with E-state index in [1.165, 1.54) is 19.4 Å². The second kappa shape index (κ2) is 5.96. The number of likely N-dealkylation sites (tertiary alicyclic amines) is 1. The largest absolute Gasteiger partial charge is 0.497 e. The first-order chi connectivity index (χ1) is 8.74. The van der Waals surface area contributed by atoms with Gasteiger partial charge in [0.2, 0.25) is 0 Å². The quantitative estimate of drug-likeness (QED) is 0.785. The van der Waals surface area contributed by atoms with Crippen molar-refractivity contribution in [3.8, 4) is 5.75 Å². The molecule has 2 rings (SSSR count). The topological polar surface area (TPSA) is 50.5 Å². The minimum atomic E-state index is 0.636. The molecule has 0 saturated carbocycles. The predicted octanol–water partition coefficient (Wildman–Crippen LogP) is 2.17. The Morgan fingerprint density at radius 1 is 1.50 bits per heavy atom. The van der Waals surface area contributed by atoms with Crippen LogP contribution in [0.4, 0.5) is 11.4 Å². The van der Waals surface area contributed by atoms with Crippen molar-refractivity contribution in [2.45, 2.75) is 25.8 Å². The molecule has 1 aliphatic heterocycles. The molecular weight excluding hydrogens is 226 g/mol. The maximum Gasteiger partial charge on any atom is 0.121 e. The third kappa shape index (κ3) is 2.88. The van der Waals surface area contributed by atoms with Gasteiger partial charge in [-0.05, 0) is 38.1 Å². The van der Waals surface area contributed by atoms with Crippen LogP contribution in [0.3, 0.4) is 0 Å². The molecule has 0 spiro atoms. The maximum atomic E-state index is 5.99. The molecule has 0 bridgehead atoms. The number of nitrogens with one attached hydrogen (secondary N) is 1. The van der Waals surface area contributed by atoms with Crippen LogP contribution in [-0.2, 0) is 0 Å². The van der Waals surface area contributed by atoms with E-state index >= 15 is 0 Å². The summed E-state index contributed by atoms with van der Waals surface area (Å²) in [6.45, 7) is 5.54.